The molecule has 3 atom stereocenters. The molecule has 186 valence electrons. The van der Waals surface area contributed by atoms with E-state index in [4.69, 9.17) is 9.47 Å². The van der Waals surface area contributed by atoms with Crippen LogP contribution in [0.4, 0.5) is 5.69 Å². The lowest BCUT2D eigenvalue weighted by atomic mass is 9.69. The summed E-state index contributed by atoms with van der Waals surface area (Å²) in [6.07, 6.45) is 4.67. The minimum atomic E-state index is -1.06. The monoisotopic (exact) mass is 482 g/mol. The van der Waals surface area contributed by atoms with Crippen molar-refractivity contribution in [3.05, 3.63) is 62.5 Å². The van der Waals surface area contributed by atoms with Gasteiger partial charge < -0.3 is 14.8 Å². The Balaban J connectivity index is 1.85. The van der Waals surface area contributed by atoms with Crippen LogP contribution < -0.4 is 5.32 Å². The molecule has 0 bridgehead atoms. The van der Waals surface area contributed by atoms with Crippen LogP contribution >= 0.6 is 0 Å². The van der Waals surface area contributed by atoms with Gasteiger partial charge in [-0.25, -0.2) is 4.79 Å². The molecule has 35 heavy (non-hydrogen) atoms. The van der Waals surface area contributed by atoms with E-state index in [0.29, 0.717) is 17.8 Å². The van der Waals surface area contributed by atoms with Crippen LogP contribution in [0.1, 0.15) is 63.9 Å². The number of nitrogens with zero attached hydrogens (tertiary/aromatic N) is 1. The molecule has 0 unspecified atom stereocenters. The van der Waals surface area contributed by atoms with Gasteiger partial charge in [0.15, 0.2) is 5.78 Å². The lowest BCUT2D eigenvalue weighted by Gasteiger charge is -2.38. The van der Waals surface area contributed by atoms with Gasteiger partial charge in [0, 0.05) is 28.6 Å². The first kappa shape index (κ1) is 24.6. The third-order valence-corrected chi connectivity index (χ3v) is 7.23. The fourth-order valence-electron chi connectivity index (χ4n) is 5.56. The van der Waals surface area contributed by atoms with Gasteiger partial charge in [0.25, 0.3) is 5.69 Å². The normalized spacial score (nSPS) is 25.0. The van der Waals surface area contributed by atoms with Crippen LogP contribution in [0.3, 0.4) is 0 Å². The molecule has 3 aliphatic rings. The number of hydrogen-bond acceptors (Lipinski definition) is 8. The summed E-state index contributed by atoms with van der Waals surface area (Å²) in [6, 6.07) is 6.08. The minimum absolute atomic E-state index is 0.162. The second-order valence-electron chi connectivity index (χ2n) is 9.52. The van der Waals surface area contributed by atoms with Crippen molar-refractivity contribution in [1.29, 1.82) is 0 Å². The third-order valence-electron chi connectivity index (χ3n) is 7.23. The molecule has 9 nitrogen and oxygen atoms in total. The van der Waals surface area contributed by atoms with Crippen LogP contribution in [0.25, 0.3) is 0 Å². The summed E-state index contributed by atoms with van der Waals surface area (Å²) in [5.41, 5.74) is 1.42. The van der Waals surface area contributed by atoms with Gasteiger partial charge in [-0.3, -0.25) is 19.7 Å². The minimum Gasteiger partial charge on any atom is -0.468 e. The second-order valence-corrected chi connectivity index (χ2v) is 9.52. The zero-order valence-corrected chi connectivity index (χ0v) is 20.2. The van der Waals surface area contributed by atoms with Crippen LogP contribution in [-0.2, 0) is 23.9 Å². The highest BCUT2D eigenvalue weighted by atomic mass is 16.6. The van der Waals surface area contributed by atoms with E-state index in [-0.39, 0.29) is 34.4 Å². The molecule has 1 aromatic rings. The number of benzene rings is 1. The number of ketones is 1. The highest BCUT2D eigenvalue weighted by Gasteiger charge is 2.48. The number of dihydropyridines is 1. The molecule has 0 radical (unpaired) electrons. The van der Waals surface area contributed by atoms with E-state index >= 15 is 0 Å². The molecule has 4 rings (SSSR count). The number of allylic oxidation sites excluding steroid dienone is 3. The molecule has 1 fully saturated rings. The maximum Gasteiger partial charge on any atom is 0.337 e. The van der Waals surface area contributed by atoms with Crippen LogP contribution in [0.5, 0.6) is 0 Å². The lowest BCUT2D eigenvalue weighted by molar-refractivity contribution is -0.385. The first-order valence-electron chi connectivity index (χ1n) is 12.0. The molecule has 1 aromatic carbocycles. The standard InChI is InChI=1S/C26H30N2O7/c1-14-13-18-23(24(29)20(14)25(30)34-3)22(17-11-7-8-12-19(17)28(32)33)21(15(2)27-18)26(31)35-16-9-5-4-6-10-16/h7-8,11-12,14,16,20,22,27H,4-6,9-10,13H2,1-3H3/t14-,20+,22+/m1/s1. The summed E-state index contributed by atoms with van der Waals surface area (Å²) in [5, 5.41) is 15.1. The van der Waals surface area contributed by atoms with Gasteiger partial charge in [0.1, 0.15) is 12.0 Å². The van der Waals surface area contributed by atoms with Gasteiger partial charge in [-0.15, -0.1) is 0 Å². The number of carbonyl (C=O) groups is 3. The van der Waals surface area contributed by atoms with Crippen molar-refractivity contribution in [2.45, 2.75) is 64.4 Å². The molecule has 0 aromatic heterocycles. The molecular weight excluding hydrogens is 452 g/mol. The molecular formula is C26H30N2O7. The molecule has 1 heterocycles. The van der Waals surface area contributed by atoms with Crippen LogP contribution in [0.2, 0.25) is 0 Å². The van der Waals surface area contributed by atoms with Crippen molar-refractivity contribution in [2.24, 2.45) is 11.8 Å². The van der Waals surface area contributed by atoms with E-state index < -0.39 is 34.5 Å². The SMILES string of the molecule is COC(=O)[C@@H]1C(=O)C2=C(C[C@H]1C)NC(C)=C(C(=O)OC1CCCCC1)[C@@H]2c1ccccc1[N+](=O)[O-]. The van der Waals surface area contributed by atoms with Crippen molar-refractivity contribution in [1.82, 2.24) is 5.32 Å². The number of rotatable bonds is 5. The largest absolute Gasteiger partial charge is 0.468 e. The van der Waals surface area contributed by atoms with E-state index in [2.05, 4.69) is 5.32 Å². The Morgan fingerprint density at radius 1 is 1.14 bits per heavy atom. The summed E-state index contributed by atoms with van der Waals surface area (Å²) >= 11 is 0. The summed E-state index contributed by atoms with van der Waals surface area (Å²) in [7, 11) is 1.22. The summed E-state index contributed by atoms with van der Waals surface area (Å²) in [5.74, 6) is -4.17. The van der Waals surface area contributed by atoms with Crippen molar-refractivity contribution in [3.63, 3.8) is 0 Å². The number of nitrogens with one attached hydrogen (secondary N) is 1. The van der Waals surface area contributed by atoms with E-state index in [1.54, 1.807) is 26.0 Å². The molecule has 1 saturated carbocycles. The Morgan fingerprint density at radius 3 is 2.49 bits per heavy atom. The fraction of sp³-hybridized carbons (Fsp3) is 0.500. The van der Waals surface area contributed by atoms with Crippen molar-refractivity contribution < 1.29 is 28.8 Å². The Labute approximate surface area is 203 Å². The second kappa shape index (κ2) is 10.0. The highest BCUT2D eigenvalue weighted by molar-refractivity contribution is 6.12. The van der Waals surface area contributed by atoms with Gasteiger partial charge in [-0.2, -0.15) is 0 Å². The molecule has 0 saturated heterocycles. The average Bonchev–Trinajstić information content (AvgIpc) is 2.83. The molecule has 0 spiro atoms. The van der Waals surface area contributed by atoms with E-state index in [0.717, 1.165) is 32.1 Å². The van der Waals surface area contributed by atoms with Crippen LogP contribution in [-0.4, -0.2) is 35.9 Å². The highest BCUT2D eigenvalue weighted by Crippen LogP contribution is 2.47. The number of nitro benzene ring substituents is 1. The van der Waals surface area contributed by atoms with Gasteiger partial charge >= 0.3 is 11.9 Å². The first-order valence-corrected chi connectivity index (χ1v) is 12.0. The summed E-state index contributed by atoms with van der Waals surface area (Å²) < 4.78 is 10.7. The number of nitro groups is 1. The number of carbonyl (C=O) groups excluding carboxylic acids is 3. The molecule has 1 N–H and O–H groups in total. The zero-order valence-electron chi connectivity index (χ0n) is 20.2. The number of hydrogen-bond donors (Lipinski definition) is 1. The van der Waals surface area contributed by atoms with Crippen LogP contribution in [0, 0.1) is 22.0 Å². The van der Waals surface area contributed by atoms with Crippen molar-refractivity contribution in [3.8, 4) is 0 Å². The third kappa shape index (κ3) is 4.59. The topological polar surface area (TPSA) is 125 Å². The average molecular weight is 483 g/mol. The number of Topliss-reactive ketones (excluding diaryl/α,β-unsaturated/α-hetero) is 1. The van der Waals surface area contributed by atoms with Gasteiger partial charge in [-0.05, 0) is 44.9 Å². The van der Waals surface area contributed by atoms with Crippen molar-refractivity contribution in [2.75, 3.05) is 7.11 Å². The Hall–Kier alpha value is -3.49. The fourth-order valence-corrected chi connectivity index (χ4v) is 5.56. The van der Waals surface area contributed by atoms with Gasteiger partial charge in [-0.1, -0.05) is 31.5 Å². The molecule has 0 amide bonds. The molecule has 1 aliphatic heterocycles. The van der Waals surface area contributed by atoms with Crippen LogP contribution in [0.15, 0.2) is 46.8 Å². The number of esters is 2. The maximum atomic E-state index is 13.8. The Kier molecular flexibility index (Phi) is 7.05. The lowest BCUT2D eigenvalue weighted by Crippen LogP contribution is -2.43. The predicted molar refractivity (Wildman–Crippen MR) is 126 cm³/mol. The summed E-state index contributed by atoms with van der Waals surface area (Å²) in [6.45, 7) is 3.50. The van der Waals surface area contributed by atoms with Crippen molar-refractivity contribution >= 4 is 23.4 Å². The first-order chi connectivity index (χ1) is 16.7. The number of para-hydroxylation sites is 1. The Bertz CT molecular complexity index is 1130. The quantitative estimate of drug-likeness (QED) is 0.288. The van der Waals surface area contributed by atoms with E-state index in [1.165, 1.54) is 19.2 Å². The molecule has 9 heteroatoms. The Morgan fingerprint density at radius 2 is 1.83 bits per heavy atom. The summed E-state index contributed by atoms with van der Waals surface area (Å²) in [4.78, 5) is 51.2. The zero-order chi connectivity index (χ0) is 25.3. The maximum absolute atomic E-state index is 13.8. The van der Waals surface area contributed by atoms with Gasteiger partial charge in [0.05, 0.1) is 23.5 Å². The smallest absolute Gasteiger partial charge is 0.337 e. The van der Waals surface area contributed by atoms with E-state index in [9.17, 15) is 24.5 Å². The number of methoxy groups -OCH3 is 1. The molecule has 2 aliphatic carbocycles. The van der Waals surface area contributed by atoms with Gasteiger partial charge in [0.2, 0.25) is 0 Å². The predicted octanol–water partition coefficient (Wildman–Crippen LogP) is 4.08. The number of ether oxygens (including phenoxy) is 2. The van der Waals surface area contributed by atoms with E-state index in [1.807, 2.05) is 0 Å².